The van der Waals surface area contributed by atoms with E-state index in [1.54, 1.807) is 19.1 Å². The summed E-state index contributed by atoms with van der Waals surface area (Å²) in [5, 5.41) is 3.80. The van der Waals surface area contributed by atoms with Gasteiger partial charge in [0.2, 0.25) is 0 Å². The number of nitrogens with zero attached hydrogens (tertiary/aromatic N) is 1. The van der Waals surface area contributed by atoms with E-state index in [2.05, 4.69) is 17.1 Å². The molecule has 0 aliphatic carbocycles. The van der Waals surface area contributed by atoms with Crippen LogP contribution in [-0.4, -0.2) is 56.3 Å². The summed E-state index contributed by atoms with van der Waals surface area (Å²) in [4.78, 5) is 26.3. The van der Waals surface area contributed by atoms with Crippen LogP contribution in [0.15, 0.2) is 33.5 Å². The van der Waals surface area contributed by atoms with Crippen molar-refractivity contribution in [2.45, 2.75) is 32.8 Å². The largest absolute Gasteiger partial charge is 0.481 e. The average molecular weight is 388 g/mol. The fourth-order valence-electron chi connectivity index (χ4n) is 3.32. The van der Waals surface area contributed by atoms with E-state index in [4.69, 9.17) is 13.9 Å². The van der Waals surface area contributed by atoms with E-state index in [0.29, 0.717) is 17.9 Å². The predicted octanol–water partition coefficient (Wildman–Crippen LogP) is 1.96. The van der Waals surface area contributed by atoms with Gasteiger partial charge in [0.1, 0.15) is 11.3 Å². The Balaban J connectivity index is 1.58. The zero-order valence-electron chi connectivity index (χ0n) is 16.5. The van der Waals surface area contributed by atoms with Gasteiger partial charge in [-0.1, -0.05) is 13.3 Å². The fourth-order valence-corrected chi connectivity index (χ4v) is 3.32. The molecule has 2 heterocycles. The van der Waals surface area contributed by atoms with Crippen LogP contribution in [0.5, 0.6) is 5.75 Å². The molecule has 28 heavy (non-hydrogen) atoms. The molecule has 0 saturated carbocycles. The molecule has 0 radical (unpaired) electrons. The summed E-state index contributed by atoms with van der Waals surface area (Å²) in [6, 6.07) is 6.89. The third-order valence-corrected chi connectivity index (χ3v) is 4.83. The molecule has 0 spiro atoms. The summed E-state index contributed by atoms with van der Waals surface area (Å²) in [5.41, 5.74) is 1.07. The number of ether oxygens (including phenoxy) is 2. The monoisotopic (exact) mass is 388 g/mol. The highest BCUT2D eigenvalue weighted by atomic mass is 16.5. The van der Waals surface area contributed by atoms with Crippen LogP contribution < -0.4 is 15.7 Å². The van der Waals surface area contributed by atoms with Gasteiger partial charge in [-0.3, -0.25) is 9.69 Å². The standard InChI is InChI=1S/C21H28N2O5/c1-3-4-16-13-20(24)28-19-14-17(5-6-18(16)19)27-15(2)21(25)22-7-8-23-9-11-26-12-10-23/h5-6,13-15H,3-4,7-12H2,1-2H3,(H,22,25). The van der Waals surface area contributed by atoms with Crippen molar-refractivity contribution >= 4 is 16.9 Å². The number of carbonyl (C=O) groups excluding carboxylic acids is 1. The lowest BCUT2D eigenvalue weighted by Crippen LogP contribution is -2.43. The van der Waals surface area contributed by atoms with E-state index in [-0.39, 0.29) is 11.5 Å². The minimum absolute atomic E-state index is 0.172. The van der Waals surface area contributed by atoms with E-state index in [0.717, 1.165) is 56.6 Å². The van der Waals surface area contributed by atoms with Crippen molar-refractivity contribution in [3.05, 3.63) is 40.2 Å². The molecule has 1 N–H and O–H groups in total. The quantitative estimate of drug-likeness (QED) is 0.697. The Labute approximate surface area is 164 Å². The van der Waals surface area contributed by atoms with Gasteiger partial charge in [-0.15, -0.1) is 0 Å². The number of hydrogen-bond acceptors (Lipinski definition) is 6. The maximum atomic E-state index is 12.3. The Morgan fingerprint density at radius 2 is 2.07 bits per heavy atom. The van der Waals surface area contributed by atoms with Gasteiger partial charge in [-0.2, -0.15) is 0 Å². The van der Waals surface area contributed by atoms with Gasteiger partial charge in [0.25, 0.3) is 5.91 Å². The molecule has 1 aliphatic heterocycles. The van der Waals surface area contributed by atoms with Crippen molar-refractivity contribution in [3.8, 4) is 5.75 Å². The Hall–Kier alpha value is -2.38. The molecule has 1 aliphatic rings. The molecular formula is C21H28N2O5. The molecule has 152 valence electrons. The number of benzene rings is 1. The van der Waals surface area contributed by atoms with Crippen molar-refractivity contribution < 1.29 is 18.7 Å². The maximum absolute atomic E-state index is 12.3. The summed E-state index contributed by atoms with van der Waals surface area (Å²) in [6.45, 7) is 8.41. The Morgan fingerprint density at radius 1 is 1.29 bits per heavy atom. The number of amides is 1. The van der Waals surface area contributed by atoms with E-state index in [1.165, 1.54) is 6.07 Å². The highest BCUT2D eigenvalue weighted by Gasteiger charge is 2.16. The van der Waals surface area contributed by atoms with Crippen LogP contribution in [0.2, 0.25) is 0 Å². The first-order chi connectivity index (χ1) is 13.6. The number of carbonyl (C=O) groups is 1. The SMILES string of the molecule is CCCc1cc(=O)oc2cc(OC(C)C(=O)NCCN3CCOCC3)ccc12. The van der Waals surface area contributed by atoms with Crippen LogP contribution in [0, 0.1) is 0 Å². The molecule has 1 aromatic carbocycles. The highest BCUT2D eigenvalue weighted by Crippen LogP contribution is 2.24. The zero-order valence-corrected chi connectivity index (χ0v) is 16.5. The smallest absolute Gasteiger partial charge is 0.336 e. The lowest BCUT2D eigenvalue weighted by molar-refractivity contribution is -0.127. The fraction of sp³-hybridized carbons (Fsp3) is 0.524. The highest BCUT2D eigenvalue weighted by molar-refractivity contribution is 5.83. The molecule has 3 rings (SSSR count). The number of rotatable bonds is 8. The lowest BCUT2D eigenvalue weighted by atomic mass is 10.1. The topological polar surface area (TPSA) is 81.0 Å². The molecule has 7 nitrogen and oxygen atoms in total. The minimum Gasteiger partial charge on any atom is -0.481 e. The van der Waals surface area contributed by atoms with Crippen molar-refractivity contribution in [2.24, 2.45) is 0 Å². The van der Waals surface area contributed by atoms with Gasteiger partial charge >= 0.3 is 5.63 Å². The number of aryl methyl sites for hydroxylation is 1. The number of fused-ring (bicyclic) bond motifs is 1. The molecule has 2 aromatic rings. The molecule has 1 amide bonds. The third-order valence-electron chi connectivity index (χ3n) is 4.83. The second-order valence-corrected chi connectivity index (χ2v) is 7.00. The molecular weight excluding hydrogens is 360 g/mol. The summed E-state index contributed by atoms with van der Waals surface area (Å²) in [5.74, 6) is 0.328. The maximum Gasteiger partial charge on any atom is 0.336 e. The van der Waals surface area contributed by atoms with Crippen LogP contribution in [0.25, 0.3) is 11.0 Å². The van der Waals surface area contributed by atoms with Crippen molar-refractivity contribution in [1.82, 2.24) is 10.2 Å². The first kappa shape index (κ1) is 20.4. The van der Waals surface area contributed by atoms with E-state index < -0.39 is 6.10 Å². The number of morpholine rings is 1. The van der Waals surface area contributed by atoms with Crippen LogP contribution in [0.1, 0.15) is 25.8 Å². The zero-order chi connectivity index (χ0) is 19.9. The second kappa shape index (κ2) is 9.71. The number of hydrogen-bond donors (Lipinski definition) is 1. The van der Waals surface area contributed by atoms with Gasteiger partial charge in [-0.05, 0) is 31.0 Å². The average Bonchev–Trinajstić information content (AvgIpc) is 2.68. The van der Waals surface area contributed by atoms with Gasteiger partial charge in [0.05, 0.1) is 13.2 Å². The van der Waals surface area contributed by atoms with Crippen LogP contribution >= 0.6 is 0 Å². The normalized spacial score (nSPS) is 16.1. The summed E-state index contributed by atoms with van der Waals surface area (Å²) >= 11 is 0. The lowest BCUT2D eigenvalue weighted by Gasteiger charge is -2.26. The summed E-state index contributed by atoms with van der Waals surface area (Å²) in [6.07, 6.45) is 1.11. The Morgan fingerprint density at radius 3 is 2.82 bits per heavy atom. The first-order valence-electron chi connectivity index (χ1n) is 9.88. The molecule has 7 heteroatoms. The van der Waals surface area contributed by atoms with E-state index in [1.807, 2.05) is 6.07 Å². The predicted molar refractivity (Wildman–Crippen MR) is 107 cm³/mol. The second-order valence-electron chi connectivity index (χ2n) is 7.00. The van der Waals surface area contributed by atoms with E-state index >= 15 is 0 Å². The van der Waals surface area contributed by atoms with Crippen LogP contribution in [0.3, 0.4) is 0 Å². The minimum atomic E-state index is -0.646. The first-order valence-corrected chi connectivity index (χ1v) is 9.88. The van der Waals surface area contributed by atoms with Crippen molar-refractivity contribution in [1.29, 1.82) is 0 Å². The van der Waals surface area contributed by atoms with Gasteiger partial charge in [0.15, 0.2) is 6.10 Å². The van der Waals surface area contributed by atoms with E-state index in [9.17, 15) is 9.59 Å². The molecule has 1 atom stereocenters. The van der Waals surface area contributed by atoms with Crippen LogP contribution in [-0.2, 0) is 16.0 Å². The molecule has 1 fully saturated rings. The molecule has 1 saturated heterocycles. The summed E-state index contributed by atoms with van der Waals surface area (Å²) in [7, 11) is 0. The van der Waals surface area contributed by atoms with Crippen LogP contribution in [0.4, 0.5) is 0 Å². The Kier molecular flexibility index (Phi) is 7.06. The van der Waals surface area contributed by atoms with Gasteiger partial charge < -0.3 is 19.2 Å². The summed E-state index contributed by atoms with van der Waals surface area (Å²) < 4.78 is 16.4. The van der Waals surface area contributed by atoms with Gasteiger partial charge in [-0.25, -0.2) is 4.79 Å². The molecule has 1 unspecified atom stereocenters. The molecule has 0 bridgehead atoms. The molecule has 1 aromatic heterocycles. The third kappa shape index (κ3) is 5.33. The number of nitrogens with one attached hydrogen (secondary N) is 1. The Bertz CT molecular complexity index is 857. The van der Waals surface area contributed by atoms with Crippen molar-refractivity contribution in [2.75, 3.05) is 39.4 Å². The van der Waals surface area contributed by atoms with Crippen molar-refractivity contribution in [3.63, 3.8) is 0 Å². The van der Waals surface area contributed by atoms with Gasteiger partial charge in [0, 0.05) is 43.7 Å².